The van der Waals surface area contributed by atoms with Gasteiger partial charge in [0.15, 0.2) is 5.96 Å². The number of aliphatic imine (C=N–C) groups is 1. The maximum Gasteiger partial charge on any atom is 0.189 e. The Hall–Kier alpha value is -1.01. The monoisotopic (exact) mass is 360 g/mol. The average Bonchev–Trinajstić information content (AvgIpc) is 2.49. The molecule has 1 aromatic carbocycles. The van der Waals surface area contributed by atoms with E-state index in [1.807, 2.05) is 19.1 Å². The molecule has 3 N–H and O–H groups in total. The van der Waals surface area contributed by atoms with Gasteiger partial charge in [0.25, 0.3) is 0 Å². The number of methoxy groups -OCH3 is 1. The van der Waals surface area contributed by atoms with E-state index in [1.165, 1.54) is 0 Å². The molecular formula is C16H26Cl2N4O. The lowest BCUT2D eigenvalue weighted by atomic mass is 10.1. The van der Waals surface area contributed by atoms with Crippen molar-refractivity contribution < 1.29 is 4.74 Å². The van der Waals surface area contributed by atoms with Gasteiger partial charge in [0, 0.05) is 30.2 Å². The first kappa shape index (κ1) is 20.0. The second-order valence-electron chi connectivity index (χ2n) is 5.45. The van der Waals surface area contributed by atoms with Gasteiger partial charge in [-0.3, -0.25) is 4.99 Å². The molecule has 0 aromatic heterocycles. The summed E-state index contributed by atoms with van der Waals surface area (Å²) in [5.41, 5.74) is 6.86. The lowest BCUT2D eigenvalue weighted by Gasteiger charge is -2.17. The molecule has 0 aliphatic carbocycles. The lowest BCUT2D eigenvalue weighted by molar-refractivity contribution is 0.161. The number of ether oxygens (including phenoxy) is 1. The van der Waals surface area contributed by atoms with Gasteiger partial charge >= 0.3 is 0 Å². The minimum absolute atomic E-state index is 0.0344. The summed E-state index contributed by atoms with van der Waals surface area (Å²) in [6.07, 6.45) is 0.943. The maximum atomic E-state index is 6.19. The number of hydrogen-bond donors (Lipinski definition) is 2. The number of benzene rings is 1. The van der Waals surface area contributed by atoms with Crippen molar-refractivity contribution in [2.75, 3.05) is 40.4 Å². The fraction of sp³-hybridized carbons (Fsp3) is 0.562. The molecule has 5 nitrogen and oxygen atoms in total. The highest BCUT2D eigenvalue weighted by molar-refractivity contribution is 6.35. The largest absolute Gasteiger partial charge is 0.383 e. The highest BCUT2D eigenvalue weighted by atomic mass is 35.5. The fourth-order valence-corrected chi connectivity index (χ4v) is 2.67. The van der Waals surface area contributed by atoms with Crippen molar-refractivity contribution in [2.24, 2.45) is 10.7 Å². The van der Waals surface area contributed by atoms with Gasteiger partial charge in [0.1, 0.15) is 0 Å². The van der Waals surface area contributed by atoms with E-state index in [2.05, 4.69) is 22.3 Å². The van der Waals surface area contributed by atoms with E-state index in [9.17, 15) is 0 Å². The SMILES string of the molecule is COCCN(C)CCCN=C(N)NC(C)c1ccc(Cl)cc1Cl. The van der Waals surface area contributed by atoms with Crippen LogP contribution in [0.4, 0.5) is 0 Å². The van der Waals surface area contributed by atoms with Gasteiger partial charge in [-0.25, -0.2) is 0 Å². The summed E-state index contributed by atoms with van der Waals surface area (Å²) in [5.74, 6) is 0.420. The second-order valence-corrected chi connectivity index (χ2v) is 6.29. The van der Waals surface area contributed by atoms with Crippen molar-refractivity contribution in [1.29, 1.82) is 0 Å². The first-order chi connectivity index (χ1) is 10.9. The van der Waals surface area contributed by atoms with E-state index in [1.54, 1.807) is 13.2 Å². The normalized spacial score (nSPS) is 13.4. The third kappa shape index (κ3) is 7.88. The van der Waals surface area contributed by atoms with Gasteiger partial charge in [-0.2, -0.15) is 0 Å². The van der Waals surface area contributed by atoms with E-state index in [-0.39, 0.29) is 6.04 Å². The molecule has 0 aliphatic heterocycles. The van der Waals surface area contributed by atoms with Gasteiger partial charge in [-0.15, -0.1) is 0 Å². The third-order valence-corrected chi connectivity index (χ3v) is 4.01. The molecule has 0 fully saturated rings. The van der Waals surface area contributed by atoms with Crippen LogP contribution in [-0.2, 0) is 4.74 Å². The molecule has 1 aromatic rings. The molecule has 0 radical (unpaired) electrons. The van der Waals surface area contributed by atoms with Crippen LogP contribution in [0.3, 0.4) is 0 Å². The zero-order chi connectivity index (χ0) is 17.2. The minimum Gasteiger partial charge on any atom is -0.383 e. The Kier molecular flexibility index (Phi) is 9.33. The standard InChI is InChI=1S/C16H26Cl2N4O/c1-12(14-6-5-13(17)11-15(14)18)21-16(19)20-7-4-8-22(2)9-10-23-3/h5-6,11-12H,4,7-10H2,1-3H3,(H3,19,20,21). The summed E-state index contributed by atoms with van der Waals surface area (Å²) in [6, 6.07) is 5.39. The summed E-state index contributed by atoms with van der Waals surface area (Å²) in [4.78, 5) is 6.55. The Morgan fingerprint density at radius 1 is 1.39 bits per heavy atom. The van der Waals surface area contributed by atoms with Crippen molar-refractivity contribution >= 4 is 29.2 Å². The summed E-state index contributed by atoms with van der Waals surface area (Å²) in [5, 5.41) is 4.38. The van der Waals surface area contributed by atoms with Gasteiger partial charge in [0.05, 0.1) is 12.6 Å². The first-order valence-corrected chi connectivity index (χ1v) is 8.38. The molecule has 0 saturated carbocycles. The maximum absolute atomic E-state index is 6.19. The van der Waals surface area contributed by atoms with Crippen LogP contribution in [0.5, 0.6) is 0 Å². The molecular weight excluding hydrogens is 335 g/mol. The average molecular weight is 361 g/mol. The minimum atomic E-state index is -0.0344. The number of rotatable bonds is 9. The summed E-state index contributed by atoms with van der Waals surface area (Å²) in [6.45, 7) is 5.27. The number of hydrogen-bond acceptors (Lipinski definition) is 3. The second kappa shape index (κ2) is 10.7. The quantitative estimate of drug-likeness (QED) is 0.403. The van der Waals surface area contributed by atoms with E-state index < -0.39 is 0 Å². The summed E-state index contributed by atoms with van der Waals surface area (Å²) >= 11 is 12.1. The predicted octanol–water partition coefficient (Wildman–Crippen LogP) is 2.93. The molecule has 23 heavy (non-hydrogen) atoms. The van der Waals surface area contributed by atoms with Crippen LogP contribution in [0.25, 0.3) is 0 Å². The molecule has 1 rings (SSSR count). The van der Waals surface area contributed by atoms with Crippen molar-refractivity contribution in [3.05, 3.63) is 33.8 Å². The number of guanidine groups is 1. The molecule has 0 heterocycles. The van der Waals surface area contributed by atoms with E-state index in [4.69, 9.17) is 33.7 Å². The van der Waals surface area contributed by atoms with Crippen LogP contribution in [0.15, 0.2) is 23.2 Å². The highest BCUT2D eigenvalue weighted by Gasteiger charge is 2.10. The van der Waals surface area contributed by atoms with Crippen molar-refractivity contribution in [1.82, 2.24) is 10.2 Å². The Morgan fingerprint density at radius 3 is 2.78 bits per heavy atom. The lowest BCUT2D eigenvalue weighted by Crippen LogP contribution is -2.34. The first-order valence-electron chi connectivity index (χ1n) is 7.63. The smallest absolute Gasteiger partial charge is 0.189 e. The van der Waals surface area contributed by atoms with Crippen LogP contribution in [0.2, 0.25) is 10.0 Å². The molecule has 0 bridgehead atoms. The Labute approximate surface area is 148 Å². The van der Waals surface area contributed by atoms with Crippen molar-refractivity contribution in [3.8, 4) is 0 Å². The molecule has 0 aliphatic rings. The number of nitrogens with zero attached hydrogens (tertiary/aromatic N) is 2. The number of halogens is 2. The highest BCUT2D eigenvalue weighted by Crippen LogP contribution is 2.25. The topological polar surface area (TPSA) is 62.9 Å². The van der Waals surface area contributed by atoms with Crippen molar-refractivity contribution in [2.45, 2.75) is 19.4 Å². The zero-order valence-electron chi connectivity index (χ0n) is 14.0. The van der Waals surface area contributed by atoms with Crippen LogP contribution >= 0.6 is 23.2 Å². The molecule has 130 valence electrons. The third-order valence-electron chi connectivity index (χ3n) is 3.45. The number of nitrogens with two attached hydrogens (primary N) is 1. The van der Waals surface area contributed by atoms with Crippen LogP contribution in [-0.4, -0.2) is 51.3 Å². The number of likely N-dealkylation sites (N-methyl/N-ethyl adjacent to an activating group) is 1. The van der Waals surface area contributed by atoms with Gasteiger partial charge in [-0.1, -0.05) is 29.3 Å². The molecule has 0 saturated heterocycles. The molecule has 7 heteroatoms. The summed E-state index contributed by atoms with van der Waals surface area (Å²) < 4.78 is 5.04. The van der Waals surface area contributed by atoms with Crippen LogP contribution in [0, 0.1) is 0 Å². The van der Waals surface area contributed by atoms with E-state index in [0.717, 1.165) is 31.7 Å². The molecule has 0 spiro atoms. The van der Waals surface area contributed by atoms with E-state index in [0.29, 0.717) is 22.5 Å². The summed E-state index contributed by atoms with van der Waals surface area (Å²) in [7, 11) is 3.77. The Bertz CT molecular complexity index is 511. The van der Waals surface area contributed by atoms with Gasteiger partial charge in [-0.05, 0) is 44.6 Å². The Morgan fingerprint density at radius 2 is 2.13 bits per heavy atom. The van der Waals surface area contributed by atoms with Crippen LogP contribution < -0.4 is 11.1 Å². The zero-order valence-corrected chi connectivity index (χ0v) is 15.5. The van der Waals surface area contributed by atoms with E-state index >= 15 is 0 Å². The Balaban J connectivity index is 2.38. The van der Waals surface area contributed by atoms with Gasteiger partial charge < -0.3 is 20.7 Å². The molecule has 0 amide bonds. The van der Waals surface area contributed by atoms with Gasteiger partial charge in [0.2, 0.25) is 0 Å². The fourth-order valence-electron chi connectivity index (χ4n) is 2.10. The van der Waals surface area contributed by atoms with Crippen LogP contribution in [0.1, 0.15) is 24.9 Å². The predicted molar refractivity (Wildman–Crippen MR) is 98.5 cm³/mol. The molecule has 1 unspecified atom stereocenters. The number of nitrogens with one attached hydrogen (secondary N) is 1. The van der Waals surface area contributed by atoms with Crippen molar-refractivity contribution in [3.63, 3.8) is 0 Å². The molecule has 1 atom stereocenters.